The molecule has 2 rings (SSSR count). The zero-order valence-corrected chi connectivity index (χ0v) is 11.2. The number of pyridine rings is 1. The second kappa shape index (κ2) is 5.91. The lowest BCUT2D eigenvalue weighted by molar-refractivity contribution is 0.0691. The highest BCUT2D eigenvalue weighted by molar-refractivity contribution is 6.33. The maximum Gasteiger partial charge on any atom is 0.356 e. The van der Waals surface area contributed by atoms with Gasteiger partial charge in [0, 0.05) is 11.6 Å². The van der Waals surface area contributed by atoms with Gasteiger partial charge in [-0.1, -0.05) is 41.4 Å². The van der Waals surface area contributed by atoms with E-state index in [1.54, 1.807) is 12.1 Å². The molecule has 0 saturated carbocycles. The summed E-state index contributed by atoms with van der Waals surface area (Å²) in [6, 6.07) is 10.5. The molecule has 19 heavy (non-hydrogen) atoms. The Labute approximate surface area is 120 Å². The summed E-state index contributed by atoms with van der Waals surface area (Å²) in [5.74, 6) is -0.729. The van der Waals surface area contributed by atoms with Crippen molar-refractivity contribution in [2.24, 2.45) is 0 Å². The first kappa shape index (κ1) is 13.6. The number of nitrogens with zero attached hydrogens (tertiary/aromatic N) is 1. The number of halogens is 2. The molecule has 0 bridgehead atoms. The maximum absolute atomic E-state index is 10.9. The molecule has 4 nitrogen and oxygen atoms in total. The third kappa shape index (κ3) is 3.36. The van der Waals surface area contributed by atoms with Crippen LogP contribution in [-0.4, -0.2) is 16.1 Å². The van der Waals surface area contributed by atoms with Gasteiger partial charge in [0.05, 0.1) is 5.02 Å². The molecule has 98 valence electrons. The van der Waals surface area contributed by atoms with Gasteiger partial charge < -0.3 is 10.4 Å². The van der Waals surface area contributed by atoms with Crippen LogP contribution < -0.4 is 5.32 Å². The number of hydrogen-bond acceptors (Lipinski definition) is 3. The maximum atomic E-state index is 10.9. The van der Waals surface area contributed by atoms with E-state index in [1.165, 1.54) is 6.07 Å². The number of carboxylic acid groups (broad SMARTS) is 1. The zero-order chi connectivity index (χ0) is 13.8. The highest BCUT2D eigenvalue weighted by Crippen LogP contribution is 2.19. The summed E-state index contributed by atoms with van der Waals surface area (Å²) >= 11 is 11.8. The molecule has 0 saturated heterocycles. The van der Waals surface area contributed by atoms with E-state index in [-0.39, 0.29) is 10.7 Å². The van der Waals surface area contributed by atoms with Crippen molar-refractivity contribution in [3.63, 3.8) is 0 Å². The number of carbonyl (C=O) groups is 1. The number of benzene rings is 1. The molecule has 1 aromatic carbocycles. The van der Waals surface area contributed by atoms with Crippen molar-refractivity contribution in [2.45, 2.75) is 6.54 Å². The van der Waals surface area contributed by atoms with Gasteiger partial charge in [-0.25, -0.2) is 9.78 Å². The van der Waals surface area contributed by atoms with Crippen LogP contribution in [0.5, 0.6) is 0 Å². The van der Waals surface area contributed by atoms with Crippen LogP contribution in [-0.2, 0) is 6.54 Å². The second-order valence-electron chi connectivity index (χ2n) is 3.78. The zero-order valence-electron chi connectivity index (χ0n) is 9.73. The summed E-state index contributed by atoms with van der Waals surface area (Å²) in [6.07, 6.45) is 0. The van der Waals surface area contributed by atoms with Crippen LogP contribution in [0.4, 0.5) is 5.82 Å². The molecule has 0 fully saturated rings. The Morgan fingerprint density at radius 2 is 1.89 bits per heavy atom. The quantitative estimate of drug-likeness (QED) is 0.903. The Morgan fingerprint density at radius 1 is 1.16 bits per heavy atom. The molecule has 0 aliphatic rings. The minimum Gasteiger partial charge on any atom is -0.476 e. The first-order valence-corrected chi connectivity index (χ1v) is 6.20. The van der Waals surface area contributed by atoms with Crippen molar-refractivity contribution in [2.75, 3.05) is 5.32 Å². The van der Waals surface area contributed by atoms with Crippen molar-refractivity contribution in [3.8, 4) is 0 Å². The average Bonchev–Trinajstić information content (AvgIpc) is 2.39. The predicted octanol–water partition coefficient (Wildman–Crippen LogP) is 3.70. The Hall–Kier alpha value is -1.78. The molecular formula is C13H10Cl2N2O2. The van der Waals surface area contributed by atoms with Crippen LogP contribution in [0, 0.1) is 0 Å². The lowest BCUT2D eigenvalue weighted by Crippen LogP contribution is -2.06. The number of aromatic nitrogens is 1. The molecule has 1 heterocycles. The van der Waals surface area contributed by atoms with E-state index in [0.717, 1.165) is 5.56 Å². The summed E-state index contributed by atoms with van der Waals surface area (Å²) in [4.78, 5) is 14.8. The fourth-order valence-electron chi connectivity index (χ4n) is 1.52. The molecule has 0 atom stereocenters. The third-order valence-corrected chi connectivity index (χ3v) is 3.14. The number of nitrogens with one attached hydrogen (secondary N) is 1. The monoisotopic (exact) mass is 296 g/mol. The SMILES string of the molecule is O=C(O)c1nc(NCc2ccccc2Cl)ccc1Cl. The first-order chi connectivity index (χ1) is 9.08. The molecule has 0 aliphatic heterocycles. The Kier molecular flexibility index (Phi) is 4.24. The Bertz CT molecular complexity index is 617. The second-order valence-corrected chi connectivity index (χ2v) is 4.59. The van der Waals surface area contributed by atoms with Gasteiger partial charge in [-0.15, -0.1) is 0 Å². The van der Waals surface area contributed by atoms with Crippen molar-refractivity contribution in [1.29, 1.82) is 0 Å². The fourth-order valence-corrected chi connectivity index (χ4v) is 1.91. The summed E-state index contributed by atoms with van der Waals surface area (Å²) < 4.78 is 0. The van der Waals surface area contributed by atoms with Crippen molar-refractivity contribution in [3.05, 3.63) is 57.7 Å². The normalized spacial score (nSPS) is 10.2. The largest absolute Gasteiger partial charge is 0.476 e. The Morgan fingerprint density at radius 3 is 2.58 bits per heavy atom. The van der Waals surface area contributed by atoms with Crippen LogP contribution >= 0.6 is 23.2 Å². The number of rotatable bonds is 4. The van der Waals surface area contributed by atoms with Crippen molar-refractivity contribution < 1.29 is 9.90 Å². The molecular weight excluding hydrogens is 287 g/mol. The fraction of sp³-hybridized carbons (Fsp3) is 0.0769. The number of carboxylic acids is 1. The lowest BCUT2D eigenvalue weighted by atomic mass is 10.2. The van der Waals surface area contributed by atoms with E-state index in [0.29, 0.717) is 17.4 Å². The number of aromatic carboxylic acids is 1. The van der Waals surface area contributed by atoms with E-state index in [9.17, 15) is 4.79 Å². The summed E-state index contributed by atoms with van der Waals surface area (Å²) in [6.45, 7) is 0.452. The summed E-state index contributed by atoms with van der Waals surface area (Å²) in [5.41, 5.74) is 0.726. The van der Waals surface area contributed by atoms with Gasteiger partial charge in [-0.2, -0.15) is 0 Å². The Balaban J connectivity index is 2.14. The molecule has 2 aromatic rings. The minimum atomic E-state index is -1.16. The van der Waals surface area contributed by atoms with Crippen LogP contribution in [0.2, 0.25) is 10.0 Å². The molecule has 6 heteroatoms. The van der Waals surface area contributed by atoms with E-state index in [2.05, 4.69) is 10.3 Å². The molecule has 0 spiro atoms. The van der Waals surface area contributed by atoms with Crippen LogP contribution in [0.25, 0.3) is 0 Å². The van der Waals surface area contributed by atoms with Crippen molar-refractivity contribution >= 4 is 35.0 Å². The third-order valence-electron chi connectivity index (χ3n) is 2.47. The molecule has 0 aliphatic carbocycles. The molecule has 2 N–H and O–H groups in total. The van der Waals surface area contributed by atoms with E-state index in [4.69, 9.17) is 28.3 Å². The highest BCUT2D eigenvalue weighted by Gasteiger charge is 2.11. The van der Waals surface area contributed by atoms with Crippen molar-refractivity contribution in [1.82, 2.24) is 4.98 Å². The van der Waals surface area contributed by atoms with Crippen LogP contribution in [0.1, 0.15) is 16.1 Å². The predicted molar refractivity (Wildman–Crippen MR) is 75.0 cm³/mol. The van der Waals surface area contributed by atoms with Gasteiger partial charge in [-0.05, 0) is 23.8 Å². The number of anilines is 1. The first-order valence-electron chi connectivity index (χ1n) is 5.45. The molecule has 0 radical (unpaired) electrons. The topological polar surface area (TPSA) is 62.2 Å². The molecule has 0 amide bonds. The van der Waals surface area contributed by atoms with E-state index >= 15 is 0 Å². The van der Waals surface area contributed by atoms with Gasteiger partial charge >= 0.3 is 5.97 Å². The minimum absolute atomic E-state index is 0.107. The standard InChI is InChI=1S/C13H10Cl2N2O2/c14-9-4-2-1-3-8(9)7-16-11-6-5-10(15)12(17-11)13(18)19/h1-6H,7H2,(H,16,17)(H,18,19). The van der Waals surface area contributed by atoms with Crippen LogP contribution in [0.15, 0.2) is 36.4 Å². The van der Waals surface area contributed by atoms with Gasteiger partial charge in [0.25, 0.3) is 0 Å². The smallest absolute Gasteiger partial charge is 0.356 e. The molecule has 1 aromatic heterocycles. The summed E-state index contributed by atoms with van der Waals surface area (Å²) in [7, 11) is 0. The van der Waals surface area contributed by atoms with E-state index in [1.807, 2.05) is 18.2 Å². The van der Waals surface area contributed by atoms with Crippen LogP contribution in [0.3, 0.4) is 0 Å². The lowest BCUT2D eigenvalue weighted by Gasteiger charge is -2.08. The van der Waals surface area contributed by atoms with Gasteiger partial charge in [0.2, 0.25) is 0 Å². The molecule has 0 unspecified atom stereocenters. The average molecular weight is 297 g/mol. The van der Waals surface area contributed by atoms with Gasteiger partial charge in [-0.3, -0.25) is 0 Å². The van der Waals surface area contributed by atoms with Gasteiger partial charge in [0.15, 0.2) is 5.69 Å². The highest BCUT2D eigenvalue weighted by atomic mass is 35.5. The van der Waals surface area contributed by atoms with E-state index < -0.39 is 5.97 Å². The van der Waals surface area contributed by atoms with Gasteiger partial charge in [0.1, 0.15) is 5.82 Å². The summed E-state index contributed by atoms with van der Waals surface area (Å²) in [5, 5.41) is 12.7. The number of hydrogen-bond donors (Lipinski definition) is 2.